The van der Waals surface area contributed by atoms with Crippen LogP contribution in [-0.4, -0.2) is 34.7 Å². The summed E-state index contributed by atoms with van der Waals surface area (Å²) in [7, 11) is 1.81. The van der Waals surface area contributed by atoms with E-state index in [4.69, 9.17) is 0 Å². The quantitative estimate of drug-likeness (QED) is 0.655. The number of hydrogen-bond acceptors (Lipinski definition) is 6. The minimum atomic E-state index is 0.550. The van der Waals surface area contributed by atoms with Crippen molar-refractivity contribution < 1.29 is 0 Å². The topological polar surface area (TPSA) is 82.3 Å². The largest absolute Gasteiger partial charge is 0.247 e. The van der Waals surface area contributed by atoms with Crippen LogP contribution in [0.5, 0.6) is 0 Å². The van der Waals surface area contributed by atoms with Crippen molar-refractivity contribution in [1.29, 1.82) is 0 Å². The normalized spacial score (nSPS) is 10.5. The Balaban J connectivity index is 2.07. The monoisotopic (exact) mass is 239 g/mol. The highest BCUT2D eigenvalue weighted by Crippen LogP contribution is 2.17. The van der Waals surface area contributed by atoms with Gasteiger partial charge in [0, 0.05) is 19.4 Å². The smallest absolute Gasteiger partial charge is 0.200 e. The van der Waals surface area contributed by atoms with E-state index in [1.54, 1.807) is 29.2 Å². The molecule has 7 heteroatoms. The van der Waals surface area contributed by atoms with Crippen LogP contribution in [0.15, 0.2) is 37.2 Å². The first kappa shape index (κ1) is 10.5. The molecule has 0 atom stereocenters. The highest BCUT2D eigenvalue weighted by atomic mass is 15.3. The highest BCUT2D eigenvalue weighted by molar-refractivity contribution is 5.55. The maximum Gasteiger partial charge on any atom is 0.200 e. The zero-order valence-corrected chi connectivity index (χ0v) is 9.59. The van der Waals surface area contributed by atoms with E-state index in [1.165, 1.54) is 12.7 Å². The van der Waals surface area contributed by atoms with E-state index in [9.17, 15) is 0 Å². The second kappa shape index (κ2) is 4.28. The molecule has 0 unspecified atom stereocenters. The summed E-state index contributed by atoms with van der Waals surface area (Å²) < 4.78 is 1.67. The maximum atomic E-state index is 4.42. The number of nitrogens with zero attached hydrogens (tertiary/aromatic N) is 7. The van der Waals surface area contributed by atoms with Crippen LogP contribution in [0.1, 0.15) is 0 Å². The summed E-state index contributed by atoms with van der Waals surface area (Å²) in [5, 5.41) is 4.31. The van der Waals surface area contributed by atoms with Gasteiger partial charge in [-0.1, -0.05) is 0 Å². The van der Waals surface area contributed by atoms with Gasteiger partial charge in [0.1, 0.15) is 24.0 Å². The summed E-state index contributed by atoms with van der Waals surface area (Å²) in [5.74, 6) is 1.22. The molecule has 0 fully saturated rings. The fourth-order valence-corrected chi connectivity index (χ4v) is 1.56. The Morgan fingerprint density at radius 2 is 1.61 bits per heavy atom. The van der Waals surface area contributed by atoms with Crippen LogP contribution in [0.3, 0.4) is 0 Å². The Labute approximate surface area is 103 Å². The number of hydrogen-bond donors (Lipinski definition) is 0. The van der Waals surface area contributed by atoms with Crippen molar-refractivity contribution in [1.82, 2.24) is 34.7 Å². The minimum Gasteiger partial charge on any atom is -0.247 e. The number of rotatable bonds is 2. The van der Waals surface area contributed by atoms with Crippen LogP contribution in [0.25, 0.3) is 23.0 Å². The predicted molar refractivity (Wildman–Crippen MR) is 63.1 cm³/mol. The molecule has 88 valence electrons. The van der Waals surface area contributed by atoms with Crippen LogP contribution in [0.2, 0.25) is 0 Å². The molecule has 0 radical (unpaired) electrons. The third-order valence-corrected chi connectivity index (χ3v) is 2.39. The van der Waals surface area contributed by atoms with Crippen molar-refractivity contribution in [2.75, 3.05) is 0 Å². The van der Waals surface area contributed by atoms with E-state index in [0.717, 1.165) is 5.69 Å². The Kier molecular flexibility index (Phi) is 2.49. The molecule has 0 bridgehead atoms. The molecule has 0 aliphatic rings. The van der Waals surface area contributed by atoms with E-state index in [0.29, 0.717) is 17.3 Å². The van der Waals surface area contributed by atoms with Gasteiger partial charge in [0.15, 0.2) is 11.6 Å². The van der Waals surface area contributed by atoms with E-state index >= 15 is 0 Å². The molecular weight excluding hydrogens is 230 g/mol. The molecule has 18 heavy (non-hydrogen) atoms. The lowest BCUT2D eigenvalue weighted by Gasteiger charge is -1.96. The third kappa shape index (κ3) is 1.81. The molecule has 3 aromatic heterocycles. The SMILES string of the molecule is Cn1nc(-c2ccncn2)nc1-c1ccncn1. The Morgan fingerprint density at radius 3 is 2.22 bits per heavy atom. The summed E-state index contributed by atoms with van der Waals surface area (Å²) in [6, 6.07) is 3.55. The molecule has 0 amide bonds. The van der Waals surface area contributed by atoms with Crippen molar-refractivity contribution in [2.24, 2.45) is 7.05 Å². The summed E-state index contributed by atoms with van der Waals surface area (Å²) in [6.07, 6.45) is 6.27. The van der Waals surface area contributed by atoms with E-state index in [1.807, 2.05) is 7.05 Å². The lowest BCUT2D eigenvalue weighted by atomic mass is 10.3. The molecule has 7 nitrogen and oxygen atoms in total. The molecular formula is C11H9N7. The van der Waals surface area contributed by atoms with Gasteiger partial charge in [-0.05, 0) is 12.1 Å². The molecule has 3 aromatic rings. The van der Waals surface area contributed by atoms with Gasteiger partial charge in [-0.3, -0.25) is 0 Å². The standard InChI is InChI=1S/C11H9N7/c1-18-11(9-3-5-13-7-15-9)16-10(17-18)8-2-4-12-6-14-8/h2-7H,1H3. The van der Waals surface area contributed by atoms with Gasteiger partial charge in [0.05, 0.1) is 0 Å². The van der Waals surface area contributed by atoms with Gasteiger partial charge < -0.3 is 0 Å². The molecule has 0 aromatic carbocycles. The van der Waals surface area contributed by atoms with Gasteiger partial charge in [-0.2, -0.15) is 0 Å². The zero-order chi connectivity index (χ0) is 12.4. The van der Waals surface area contributed by atoms with Crippen LogP contribution in [0, 0.1) is 0 Å². The second-order valence-corrected chi connectivity index (χ2v) is 3.57. The first-order chi connectivity index (χ1) is 8.84. The van der Waals surface area contributed by atoms with Gasteiger partial charge in [-0.25, -0.2) is 29.6 Å². The molecule has 0 aliphatic heterocycles. The fraction of sp³-hybridized carbons (Fsp3) is 0.0909. The lowest BCUT2D eigenvalue weighted by Crippen LogP contribution is -1.96. The van der Waals surface area contributed by atoms with Crippen molar-refractivity contribution in [3.05, 3.63) is 37.2 Å². The molecule has 3 rings (SSSR count). The number of aromatic nitrogens is 7. The second-order valence-electron chi connectivity index (χ2n) is 3.57. The molecule has 3 heterocycles. The average molecular weight is 239 g/mol. The van der Waals surface area contributed by atoms with Crippen molar-refractivity contribution in [2.45, 2.75) is 0 Å². The van der Waals surface area contributed by atoms with Gasteiger partial charge in [0.25, 0.3) is 0 Å². The Bertz CT molecular complexity index is 648. The summed E-state index contributed by atoms with van der Waals surface area (Å²) in [6.45, 7) is 0. The summed E-state index contributed by atoms with van der Waals surface area (Å²) >= 11 is 0. The predicted octanol–water partition coefficient (Wildman–Crippen LogP) is 0.729. The van der Waals surface area contributed by atoms with Crippen LogP contribution in [0.4, 0.5) is 0 Å². The fourth-order valence-electron chi connectivity index (χ4n) is 1.56. The first-order valence-electron chi connectivity index (χ1n) is 5.28. The third-order valence-electron chi connectivity index (χ3n) is 2.39. The average Bonchev–Trinajstić information content (AvgIpc) is 2.83. The highest BCUT2D eigenvalue weighted by Gasteiger charge is 2.12. The molecule has 0 saturated carbocycles. The van der Waals surface area contributed by atoms with Crippen LogP contribution >= 0.6 is 0 Å². The van der Waals surface area contributed by atoms with Crippen LogP contribution in [-0.2, 0) is 7.05 Å². The van der Waals surface area contributed by atoms with Crippen molar-refractivity contribution in [3.8, 4) is 23.0 Å². The molecule has 0 spiro atoms. The maximum absolute atomic E-state index is 4.42. The van der Waals surface area contributed by atoms with Crippen LogP contribution < -0.4 is 0 Å². The lowest BCUT2D eigenvalue weighted by molar-refractivity contribution is 0.773. The van der Waals surface area contributed by atoms with Crippen molar-refractivity contribution in [3.63, 3.8) is 0 Å². The van der Waals surface area contributed by atoms with Gasteiger partial charge >= 0.3 is 0 Å². The summed E-state index contributed by atoms with van der Waals surface area (Å²) in [5.41, 5.74) is 1.40. The van der Waals surface area contributed by atoms with Gasteiger partial charge in [0.2, 0.25) is 0 Å². The Hall–Kier alpha value is -2.70. The van der Waals surface area contributed by atoms with Crippen molar-refractivity contribution >= 4 is 0 Å². The minimum absolute atomic E-state index is 0.550. The van der Waals surface area contributed by atoms with E-state index in [2.05, 4.69) is 30.0 Å². The van der Waals surface area contributed by atoms with Gasteiger partial charge in [-0.15, -0.1) is 5.10 Å². The molecule has 0 N–H and O–H groups in total. The number of aryl methyl sites for hydroxylation is 1. The van der Waals surface area contributed by atoms with E-state index < -0.39 is 0 Å². The van der Waals surface area contributed by atoms with E-state index in [-0.39, 0.29) is 0 Å². The molecule has 0 aliphatic carbocycles. The molecule has 0 saturated heterocycles. The summed E-state index contributed by atoms with van der Waals surface area (Å²) in [4.78, 5) is 20.4. The first-order valence-corrected chi connectivity index (χ1v) is 5.28. The zero-order valence-electron chi connectivity index (χ0n) is 9.59. The Morgan fingerprint density at radius 1 is 0.944 bits per heavy atom.